The Balaban J connectivity index is 0. The molecule has 0 saturated heterocycles. The maximum Gasteiger partial charge on any atom is 3.00 e. The minimum atomic E-state index is -0.407. The number of rotatable bonds is 5. The number of nitrogens with zero attached hydrogens (tertiary/aromatic N) is 1. The fraction of sp³-hybridized carbons (Fsp3) is 0.385. The first kappa shape index (κ1) is 21.3. The number of amides is 2. The van der Waals surface area contributed by atoms with Crippen molar-refractivity contribution in [3.8, 4) is 0 Å². The van der Waals surface area contributed by atoms with E-state index in [0.29, 0.717) is 0 Å². The third-order valence-electron chi connectivity index (χ3n) is 1.63. The molecule has 19 heavy (non-hydrogen) atoms. The Bertz CT molecular complexity index is 348. The number of carbonyl (C=O) groups excluding carboxylic acids is 2. The van der Waals surface area contributed by atoms with Gasteiger partial charge < -0.3 is 21.8 Å². The third-order valence-corrected chi connectivity index (χ3v) is 4.73. The van der Waals surface area contributed by atoms with Crippen LogP contribution in [0.25, 0.3) is 0 Å². The normalized spacial score (nSPS) is 9.47. The van der Waals surface area contributed by atoms with Crippen LogP contribution in [0, 0.1) is 18.9 Å². The van der Waals surface area contributed by atoms with Crippen LogP contribution in [0.2, 0.25) is 5.21 Å². The first-order chi connectivity index (χ1) is 8.60. The van der Waals surface area contributed by atoms with Crippen molar-refractivity contribution >= 4 is 32.6 Å². The average Bonchev–Trinajstić information content (AvgIpc) is 2.38. The number of nitrogens with one attached hydrogen (secondary N) is 1. The summed E-state index contributed by atoms with van der Waals surface area (Å²) in [6.07, 6.45) is 3.13. The van der Waals surface area contributed by atoms with Gasteiger partial charge in [-0.15, -0.1) is 0 Å². The summed E-state index contributed by atoms with van der Waals surface area (Å²) in [6.45, 7) is 7.72. The van der Waals surface area contributed by atoms with Crippen LogP contribution >= 0.6 is 0 Å². The van der Waals surface area contributed by atoms with Gasteiger partial charge in [-0.05, 0) is 0 Å². The monoisotopic (exact) mass is 397 g/mol. The maximum absolute atomic E-state index is 9.98. The zero-order valence-corrected chi connectivity index (χ0v) is 15.9. The fourth-order valence-electron chi connectivity index (χ4n) is 0.799. The molecule has 0 aliphatic heterocycles. The molecule has 0 spiro atoms. The molecule has 6 heteroatoms. The van der Waals surface area contributed by atoms with Crippen LogP contribution in [0.4, 0.5) is 0 Å². The molecular weight excluding hydrogens is 380 g/mol. The Morgan fingerprint density at radius 1 is 1.63 bits per heavy atom. The van der Waals surface area contributed by atoms with Crippen LogP contribution in [0.3, 0.4) is 0 Å². The van der Waals surface area contributed by atoms with Gasteiger partial charge in [0.25, 0.3) is 0 Å². The van der Waals surface area contributed by atoms with Crippen LogP contribution < -0.4 is 9.80 Å². The van der Waals surface area contributed by atoms with Crippen molar-refractivity contribution in [1.29, 1.82) is 0 Å². The predicted molar refractivity (Wildman–Crippen MR) is 71.9 cm³/mol. The molecule has 2 amide bonds. The molecule has 0 unspecified atom stereocenters. The molecule has 1 radical (unpaired) electrons. The van der Waals surface area contributed by atoms with E-state index in [1.165, 1.54) is 16.1 Å². The Labute approximate surface area is 147 Å². The van der Waals surface area contributed by atoms with E-state index in [9.17, 15) is 9.59 Å². The van der Waals surface area contributed by atoms with Crippen molar-refractivity contribution in [3.05, 3.63) is 31.3 Å². The first-order valence-electron chi connectivity index (χ1n) is 5.55. The molecule has 0 aliphatic carbocycles. The van der Waals surface area contributed by atoms with Gasteiger partial charge in [-0.25, -0.2) is 0 Å². The quantitative estimate of drug-likeness (QED) is 0.452. The second-order valence-corrected chi connectivity index (χ2v) is 6.14. The molecule has 0 atom stereocenters. The molecule has 4 nitrogen and oxygen atoms in total. The van der Waals surface area contributed by atoms with Gasteiger partial charge in [0.2, 0.25) is 0 Å². The Hall–Kier alpha value is -0.0477. The largest absolute Gasteiger partial charge is 3.00 e. The van der Waals surface area contributed by atoms with Crippen LogP contribution in [-0.2, 0) is 42.3 Å². The van der Waals surface area contributed by atoms with Crippen LogP contribution in [0.5, 0.6) is 0 Å². The van der Waals surface area contributed by atoms with Crippen LogP contribution in [0.1, 0.15) is 20.3 Å². The summed E-state index contributed by atoms with van der Waals surface area (Å²) in [7, 11) is 0. The standard InChI is InChI=1S/C9H12AsN.C4H5NO2.Y/c1-8(2)7-10-9-5-3-4-6-11-9;1-2-4(7)5-3-6;/h4-6,8H,7H2,1-2H3;1-2H2,(H,5,6,7);/q-1;-2;+3. The number of imide groups is 1. The molecular formula is C13H17AsN2O2Y. The SMILES string of the molecule is CC(C)C[As]c1c[c-]ccn1.[CH2-]CC(=O)N[C-]=O.[Y+3]. The van der Waals surface area contributed by atoms with Gasteiger partial charge in [0.05, 0.1) is 6.41 Å². The topological polar surface area (TPSA) is 59.1 Å². The molecule has 1 aromatic heterocycles. The summed E-state index contributed by atoms with van der Waals surface area (Å²) >= 11 is 0.282. The van der Waals surface area contributed by atoms with Crippen molar-refractivity contribution in [2.45, 2.75) is 25.5 Å². The number of pyridine rings is 1. The van der Waals surface area contributed by atoms with Gasteiger partial charge in [-0.2, -0.15) is 6.42 Å². The van der Waals surface area contributed by atoms with Crippen molar-refractivity contribution < 1.29 is 42.3 Å². The first-order valence-corrected chi connectivity index (χ1v) is 7.81. The van der Waals surface area contributed by atoms with E-state index < -0.39 is 5.91 Å². The van der Waals surface area contributed by atoms with E-state index in [-0.39, 0.29) is 54.9 Å². The van der Waals surface area contributed by atoms with Gasteiger partial charge in [-0.3, -0.25) is 0 Å². The zero-order valence-electron chi connectivity index (χ0n) is 11.2. The molecule has 0 fully saturated rings. The van der Waals surface area contributed by atoms with Gasteiger partial charge in [0.1, 0.15) is 0 Å². The van der Waals surface area contributed by atoms with Crippen LogP contribution in [0.15, 0.2) is 18.3 Å². The van der Waals surface area contributed by atoms with E-state index in [4.69, 9.17) is 0 Å². The molecule has 0 aromatic carbocycles. The second kappa shape index (κ2) is 14.4. The molecule has 1 N–H and O–H groups in total. The fourth-order valence-corrected chi connectivity index (χ4v) is 2.62. The van der Waals surface area contributed by atoms with E-state index in [1.54, 1.807) is 5.32 Å². The van der Waals surface area contributed by atoms with E-state index in [2.05, 4.69) is 31.8 Å². The molecule has 0 aliphatic rings. The summed E-state index contributed by atoms with van der Waals surface area (Å²) in [5, 5.41) is 3.10. The smallest absolute Gasteiger partial charge is 0.464 e. The molecule has 0 saturated carbocycles. The van der Waals surface area contributed by atoms with Gasteiger partial charge in [0, 0.05) is 5.91 Å². The van der Waals surface area contributed by atoms with E-state index >= 15 is 0 Å². The van der Waals surface area contributed by atoms with Gasteiger partial charge in [0.15, 0.2) is 0 Å². The van der Waals surface area contributed by atoms with E-state index in [1.807, 2.05) is 18.3 Å². The molecule has 1 aromatic rings. The average molecular weight is 397 g/mol. The minimum Gasteiger partial charge on any atom is -0.464 e. The number of aromatic nitrogens is 1. The Morgan fingerprint density at radius 3 is 2.68 bits per heavy atom. The number of carbonyl (C=O) groups is 1. The Kier molecular flexibility index (Phi) is 16.1. The van der Waals surface area contributed by atoms with Crippen molar-refractivity contribution in [2.75, 3.05) is 0 Å². The summed E-state index contributed by atoms with van der Waals surface area (Å²) in [6, 6.07) is 6.90. The van der Waals surface area contributed by atoms with E-state index in [0.717, 1.165) is 5.92 Å². The Morgan fingerprint density at radius 2 is 2.32 bits per heavy atom. The number of hydrogen-bond acceptors (Lipinski definition) is 3. The van der Waals surface area contributed by atoms with Gasteiger partial charge >= 0.3 is 107 Å². The van der Waals surface area contributed by atoms with Crippen LogP contribution in [-0.4, -0.2) is 33.1 Å². The number of hydrogen-bond donors (Lipinski definition) is 1. The summed E-state index contributed by atoms with van der Waals surface area (Å²) in [5.74, 6) is 0.395. The summed E-state index contributed by atoms with van der Waals surface area (Å²) < 4.78 is 1.25. The third kappa shape index (κ3) is 14.2. The molecule has 99 valence electrons. The second-order valence-electron chi connectivity index (χ2n) is 3.75. The molecule has 1 rings (SSSR count). The maximum atomic E-state index is 9.98. The van der Waals surface area contributed by atoms with Crippen molar-refractivity contribution in [1.82, 2.24) is 10.3 Å². The minimum absolute atomic E-state index is 0. The predicted octanol–water partition coefficient (Wildman–Crippen LogP) is 0.677. The van der Waals surface area contributed by atoms with Gasteiger partial charge in [-0.1, -0.05) is 0 Å². The zero-order chi connectivity index (χ0) is 13.8. The molecule has 0 bridgehead atoms. The van der Waals surface area contributed by atoms with Crippen molar-refractivity contribution in [2.24, 2.45) is 5.92 Å². The summed E-state index contributed by atoms with van der Waals surface area (Å²) in [5.41, 5.74) is 0. The summed E-state index contributed by atoms with van der Waals surface area (Å²) in [4.78, 5) is 23.5. The molecule has 1 heterocycles. The van der Waals surface area contributed by atoms with Crippen molar-refractivity contribution in [3.63, 3.8) is 0 Å².